The number of halogens is 2. The molecule has 2 rings (SSSR count). The Bertz CT molecular complexity index is 564. The number of H-pyrrole nitrogens is 1. The van der Waals surface area contributed by atoms with Crippen molar-refractivity contribution in [3.8, 4) is 0 Å². The van der Waals surface area contributed by atoms with Crippen LogP contribution in [0, 0.1) is 0 Å². The van der Waals surface area contributed by atoms with Crippen molar-refractivity contribution in [3.63, 3.8) is 0 Å². The van der Waals surface area contributed by atoms with Gasteiger partial charge in [0.05, 0.1) is 15.8 Å². The fourth-order valence-electron chi connectivity index (χ4n) is 1.36. The Balaban J connectivity index is 3.03. The van der Waals surface area contributed by atoms with Crippen molar-refractivity contribution in [3.05, 3.63) is 38.2 Å². The third kappa shape index (κ3) is 1.44. The van der Waals surface area contributed by atoms with Gasteiger partial charge >= 0.3 is 5.56 Å². The zero-order valence-corrected chi connectivity index (χ0v) is 9.69. The largest absolute Gasteiger partial charge is 0.307 e. The molecule has 0 radical (unpaired) electrons. The fraction of sp³-hybridized carbons (Fsp3) is 0.111. The molecule has 0 amide bonds. The van der Waals surface area contributed by atoms with Crippen molar-refractivity contribution in [2.24, 2.45) is 7.05 Å². The van der Waals surface area contributed by atoms with E-state index in [9.17, 15) is 4.79 Å². The van der Waals surface area contributed by atoms with Crippen LogP contribution in [-0.2, 0) is 7.05 Å². The van der Waals surface area contributed by atoms with Crippen molar-refractivity contribution in [1.29, 1.82) is 0 Å². The minimum atomic E-state index is -0.184. The zero-order valence-electron chi connectivity index (χ0n) is 7.34. The Labute approximate surface area is 93.4 Å². The lowest BCUT2D eigenvalue weighted by Gasteiger charge is -1.99. The smallest absolute Gasteiger partial charge is 0.263 e. The van der Waals surface area contributed by atoms with E-state index in [1.54, 1.807) is 11.7 Å². The van der Waals surface area contributed by atoms with Gasteiger partial charge in [0.15, 0.2) is 7.05 Å². The standard InChI is InChI=1S/C9H6BrClN2O/c1-13-4-5-2-3-6(10)8(11)7(5)9(14)12-13/h2-4H,1H3/p+1. The number of nitrogens with one attached hydrogen (secondary N) is 1. The van der Waals surface area contributed by atoms with Gasteiger partial charge in [0.2, 0.25) is 6.20 Å². The van der Waals surface area contributed by atoms with Crippen molar-refractivity contribution in [2.45, 2.75) is 0 Å². The second kappa shape index (κ2) is 3.37. The van der Waals surface area contributed by atoms with Gasteiger partial charge in [-0.05, 0) is 28.1 Å². The first-order chi connectivity index (χ1) is 6.59. The number of aromatic nitrogens is 2. The molecule has 1 heterocycles. The van der Waals surface area contributed by atoms with Crippen molar-refractivity contribution in [2.75, 3.05) is 0 Å². The van der Waals surface area contributed by atoms with Crippen LogP contribution in [0.1, 0.15) is 0 Å². The molecule has 2 aromatic rings. The summed E-state index contributed by atoms with van der Waals surface area (Å²) in [6, 6.07) is 3.67. The molecule has 0 saturated heterocycles. The predicted molar refractivity (Wildman–Crippen MR) is 58.5 cm³/mol. The van der Waals surface area contributed by atoms with Crippen LogP contribution in [0.15, 0.2) is 27.6 Å². The van der Waals surface area contributed by atoms with Gasteiger partial charge in [-0.3, -0.25) is 4.79 Å². The predicted octanol–water partition coefficient (Wildman–Crippen LogP) is 1.77. The molecule has 0 aliphatic heterocycles. The molecule has 0 aliphatic rings. The molecule has 0 bridgehead atoms. The van der Waals surface area contributed by atoms with Crippen LogP contribution in [-0.4, -0.2) is 5.10 Å². The molecule has 0 atom stereocenters. The van der Waals surface area contributed by atoms with Crippen molar-refractivity contribution in [1.82, 2.24) is 5.10 Å². The Morgan fingerprint density at radius 1 is 1.50 bits per heavy atom. The summed E-state index contributed by atoms with van der Waals surface area (Å²) in [5.41, 5.74) is -0.184. The Morgan fingerprint density at radius 3 is 2.93 bits per heavy atom. The highest BCUT2D eigenvalue weighted by Gasteiger charge is 2.10. The molecule has 0 fully saturated rings. The maximum atomic E-state index is 11.6. The molecule has 0 aliphatic carbocycles. The van der Waals surface area contributed by atoms with E-state index in [4.69, 9.17) is 11.6 Å². The highest BCUT2D eigenvalue weighted by atomic mass is 79.9. The minimum Gasteiger partial charge on any atom is -0.263 e. The van der Waals surface area contributed by atoms with Gasteiger partial charge in [-0.2, -0.15) is 0 Å². The molecule has 5 heteroatoms. The first-order valence-electron chi connectivity index (χ1n) is 3.96. The quantitative estimate of drug-likeness (QED) is 0.730. The van der Waals surface area contributed by atoms with E-state index >= 15 is 0 Å². The minimum absolute atomic E-state index is 0.184. The fourth-order valence-corrected chi connectivity index (χ4v) is 1.95. The van der Waals surface area contributed by atoms with E-state index in [0.717, 1.165) is 9.86 Å². The summed E-state index contributed by atoms with van der Waals surface area (Å²) in [7, 11) is 1.76. The van der Waals surface area contributed by atoms with E-state index < -0.39 is 0 Å². The van der Waals surface area contributed by atoms with Gasteiger partial charge in [-0.1, -0.05) is 11.6 Å². The van der Waals surface area contributed by atoms with Gasteiger partial charge in [0.25, 0.3) is 0 Å². The summed E-state index contributed by atoms with van der Waals surface area (Å²) < 4.78 is 2.33. The third-order valence-corrected chi connectivity index (χ3v) is 3.25. The number of nitrogens with zero attached hydrogens (tertiary/aromatic N) is 1. The molecular formula is C9H7BrClN2O+. The van der Waals surface area contributed by atoms with E-state index in [0.29, 0.717) is 10.4 Å². The molecule has 72 valence electrons. The molecule has 1 N–H and O–H groups in total. The lowest BCUT2D eigenvalue weighted by Crippen LogP contribution is -2.38. The molecule has 0 saturated carbocycles. The maximum absolute atomic E-state index is 11.6. The SMILES string of the molecule is C[n+]1cc2ccc(Br)c(Cl)c2c(=O)[nH]1. The van der Waals surface area contributed by atoms with E-state index in [2.05, 4.69) is 21.0 Å². The number of aromatic amines is 1. The summed E-state index contributed by atoms with van der Waals surface area (Å²) in [6.45, 7) is 0. The Kier molecular flexibility index (Phi) is 2.33. The average molecular weight is 275 g/mol. The number of hydrogen-bond acceptors (Lipinski definition) is 1. The van der Waals surface area contributed by atoms with Crippen LogP contribution in [0.25, 0.3) is 10.8 Å². The summed E-state index contributed by atoms with van der Waals surface area (Å²) in [5, 5.41) is 4.42. The topological polar surface area (TPSA) is 36.7 Å². The van der Waals surface area contributed by atoms with E-state index in [1.807, 2.05) is 18.3 Å². The summed E-state index contributed by atoms with van der Waals surface area (Å²) in [4.78, 5) is 11.6. The normalized spacial score (nSPS) is 10.8. The van der Waals surface area contributed by atoms with Crippen LogP contribution < -0.4 is 10.2 Å². The van der Waals surface area contributed by atoms with Gasteiger partial charge in [0, 0.05) is 4.47 Å². The van der Waals surface area contributed by atoms with Gasteiger partial charge in [-0.15, -0.1) is 9.78 Å². The highest BCUT2D eigenvalue weighted by molar-refractivity contribution is 9.10. The van der Waals surface area contributed by atoms with Crippen LogP contribution in [0.5, 0.6) is 0 Å². The second-order valence-corrected chi connectivity index (χ2v) is 4.24. The van der Waals surface area contributed by atoms with E-state index in [-0.39, 0.29) is 5.56 Å². The summed E-state index contributed by atoms with van der Waals surface area (Å²) >= 11 is 9.28. The van der Waals surface area contributed by atoms with Crippen LogP contribution in [0.3, 0.4) is 0 Å². The average Bonchev–Trinajstić information content (AvgIpc) is 2.10. The lowest BCUT2D eigenvalue weighted by atomic mass is 10.2. The number of fused-ring (bicyclic) bond motifs is 1. The van der Waals surface area contributed by atoms with Gasteiger partial charge < -0.3 is 0 Å². The number of hydrogen-bond donors (Lipinski definition) is 1. The second-order valence-electron chi connectivity index (χ2n) is 3.01. The van der Waals surface area contributed by atoms with Crippen LogP contribution >= 0.6 is 27.5 Å². The molecule has 0 spiro atoms. The Hall–Kier alpha value is -0.870. The van der Waals surface area contributed by atoms with Crippen molar-refractivity contribution < 1.29 is 4.68 Å². The summed E-state index contributed by atoms with van der Waals surface area (Å²) in [5.74, 6) is 0. The molecule has 1 aromatic carbocycles. The Morgan fingerprint density at radius 2 is 2.21 bits per heavy atom. The number of rotatable bonds is 0. The molecule has 0 unspecified atom stereocenters. The molecule has 3 nitrogen and oxygen atoms in total. The van der Waals surface area contributed by atoms with Crippen molar-refractivity contribution >= 4 is 38.3 Å². The highest BCUT2D eigenvalue weighted by Crippen LogP contribution is 2.27. The molecule has 14 heavy (non-hydrogen) atoms. The monoisotopic (exact) mass is 273 g/mol. The summed E-state index contributed by atoms with van der Waals surface area (Å²) in [6.07, 6.45) is 1.81. The first-order valence-corrected chi connectivity index (χ1v) is 5.13. The lowest BCUT2D eigenvalue weighted by molar-refractivity contribution is -0.730. The van der Waals surface area contributed by atoms with Crippen LogP contribution in [0.4, 0.5) is 0 Å². The number of aryl methyl sites for hydroxylation is 1. The maximum Gasteiger partial charge on any atom is 0.307 e. The van der Waals surface area contributed by atoms with E-state index in [1.165, 1.54) is 0 Å². The first kappa shape index (κ1) is 9.68. The molecular weight excluding hydrogens is 267 g/mol. The van der Waals surface area contributed by atoms with Crippen LogP contribution in [0.2, 0.25) is 5.02 Å². The zero-order chi connectivity index (χ0) is 10.3. The van der Waals surface area contributed by atoms with Gasteiger partial charge in [-0.25, -0.2) is 0 Å². The van der Waals surface area contributed by atoms with Gasteiger partial charge in [0.1, 0.15) is 0 Å². The number of benzene rings is 1. The third-order valence-electron chi connectivity index (χ3n) is 1.96. The molecule has 1 aromatic heterocycles.